The van der Waals surface area contributed by atoms with Gasteiger partial charge in [-0.3, -0.25) is 0 Å². The monoisotopic (exact) mass is 244 g/mol. The van der Waals surface area contributed by atoms with E-state index in [1.165, 1.54) is 6.20 Å². The van der Waals surface area contributed by atoms with Crippen molar-refractivity contribution in [2.75, 3.05) is 7.11 Å². The van der Waals surface area contributed by atoms with Crippen LogP contribution in [0.15, 0.2) is 22.9 Å². The van der Waals surface area contributed by atoms with Gasteiger partial charge in [-0.25, -0.2) is 4.98 Å². The lowest BCUT2D eigenvalue weighted by atomic mass is 10.2. The summed E-state index contributed by atoms with van der Waals surface area (Å²) < 4.78 is 10.2. The third-order valence-corrected chi connectivity index (χ3v) is 2.45. The Bertz CT molecular complexity index is 556. The molecule has 2 aromatic rings. The summed E-state index contributed by atoms with van der Waals surface area (Å²) in [6, 6.07) is 5.33. The molecule has 2 rings (SSSR count). The quantitative estimate of drug-likeness (QED) is 0.811. The first-order valence-electron chi connectivity index (χ1n) is 5.45. The SMILES string of the molecule is COC(C)Cc1noc(-c2ccc(C#N)cn2)n1. The minimum atomic E-state index is 0.0318. The van der Waals surface area contributed by atoms with Gasteiger partial charge in [0.1, 0.15) is 11.8 Å². The molecule has 0 aliphatic heterocycles. The van der Waals surface area contributed by atoms with Crippen molar-refractivity contribution >= 4 is 0 Å². The third-order valence-electron chi connectivity index (χ3n) is 2.45. The first kappa shape index (κ1) is 12.2. The molecule has 0 fully saturated rings. The predicted molar refractivity (Wildman–Crippen MR) is 62.4 cm³/mol. The molecule has 1 unspecified atom stereocenters. The summed E-state index contributed by atoms with van der Waals surface area (Å²) in [5.41, 5.74) is 1.05. The second-order valence-electron chi connectivity index (χ2n) is 3.81. The van der Waals surface area contributed by atoms with Crippen LogP contribution in [0, 0.1) is 11.3 Å². The van der Waals surface area contributed by atoms with Crippen molar-refractivity contribution in [3.63, 3.8) is 0 Å². The number of aromatic nitrogens is 3. The number of rotatable bonds is 4. The van der Waals surface area contributed by atoms with Crippen LogP contribution < -0.4 is 0 Å². The molecule has 0 spiro atoms. The third kappa shape index (κ3) is 2.70. The zero-order valence-corrected chi connectivity index (χ0v) is 10.1. The Morgan fingerprint density at radius 2 is 2.33 bits per heavy atom. The Morgan fingerprint density at radius 1 is 1.50 bits per heavy atom. The predicted octanol–water partition coefficient (Wildman–Crippen LogP) is 1.58. The zero-order chi connectivity index (χ0) is 13.0. The van der Waals surface area contributed by atoms with Gasteiger partial charge in [0, 0.05) is 19.7 Å². The van der Waals surface area contributed by atoms with Crippen molar-refractivity contribution in [2.45, 2.75) is 19.4 Å². The topological polar surface area (TPSA) is 84.8 Å². The molecule has 0 saturated heterocycles. The first-order valence-corrected chi connectivity index (χ1v) is 5.45. The maximum Gasteiger partial charge on any atom is 0.276 e. The molecule has 6 heteroatoms. The van der Waals surface area contributed by atoms with E-state index in [-0.39, 0.29) is 6.10 Å². The second-order valence-corrected chi connectivity index (χ2v) is 3.81. The molecule has 0 saturated carbocycles. The Balaban J connectivity index is 2.16. The molecule has 6 nitrogen and oxygen atoms in total. The maximum atomic E-state index is 8.67. The number of nitriles is 1. The van der Waals surface area contributed by atoms with Gasteiger partial charge in [0.25, 0.3) is 5.89 Å². The number of hydrogen-bond donors (Lipinski definition) is 0. The van der Waals surface area contributed by atoms with E-state index in [9.17, 15) is 0 Å². The van der Waals surface area contributed by atoms with Crippen molar-refractivity contribution in [1.29, 1.82) is 5.26 Å². The van der Waals surface area contributed by atoms with Crippen molar-refractivity contribution in [1.82, 2.24) is 15.1 Å². The minimum absolute atomic E-state index is 0.0318. The lowest BCUT2D eigenvalue weighted by Crippen LogP contribution is -2.09. The molecule has 0 N–H and O–H groups in total. The van der Waals surface area contributed by atoms with Gasteiger partial charge in [-0.1, -0.05) is 5.16 Å². The van der Waals surface area contributed by atoms with Crippen molar-refractivity contribution < 1.29 is 9.26 Å². The van der Waals surface area contributed by atoms with Crippen LogP contribution in [-0.4, -0.2) is 28.3 Å². The van der Waals surface area contributed by atoms with Crippen LogP contribution in [0.3, 0.4) is 0 Å². The molecule has 0 bridgehead atoms. The van der Waals surface area contributed by atoms with E-state index in [4.69, 9.17) is 14.5 Å². The smallest absolute Gasteiger partial charge is 0.276 e. The van der Waals surface area contributed by atoms with Gasteiger partial charge in [-0.2, -0.15) is 10.2 Å². The fourth-order valence-corrected chi connectivity index (χ4v) is 1.37. The summed E-state index contributed by atoms with van der Waals surface area (Å²) in [6.45, 7) is 1.93. The van der Waals surface area contributed by atoms with E-state index in [1.807, 2.05) is 13.0 Å². The van der Waals surface area contributed by atoms with E-state index >= 15 is 0 Å². The normalized spacial score (nSPS) is 12.1. The highest BCUT2D eigenvalue weighted by molar-refractivity contribution is 5.47. The molecule has 0 amide bonds. The Labute approximate surface area is 104 Å². The highest BCUT2D eigenvalue weighted by Gasteiger charge is 2.12. The van der Waals surface area contributed by atoms with Crippen LogP contribution in [0.25, 0.3) is 11.6 Å². The standard InChI is InChI=1S/C12H12N4O2/c1-8(17-2)5-11-15-12(18-16-11)10-4-3-9(6-13)7-14-10/h3-4,7-8H,5H2,1-2H3. The summed E-state index contributed by atoms with van der Waals surface area (Å²) in [5, 5.41) is 12.5. The number of hydrogen-bond acceptors (Lipinski definition) is 6. The molecule has 0 aliphatic rings. The average molecular weight is 244 g/mol. The number of methoxy groups -OCH3 is 1. The summed E-state index contributed by atoms with van der Waals surface area (Å²) in [4.78, 5) is 8.30. The highest BCUT2D eigenvalue weighted by Crippen LogP contribution is 2.15. The van der Waals surface area contributed by atoms with Crippen LogP contribution in [-0.2, 0) is 11.2 Å². The Hall–Kier alpha value is -2.26. The molecular formula is C12H12N4O2. The molecule has 92 valence electrons. The molecule has 0 aliphatic carbocycles. The summed E-state index contributed by atoms with van der Waals surface area (Å²) in [6.07, 6.45) is 2.08. The average Bonchev–Trinajstić information content (AvgIpc) is 2.87. The van der Waals surface area contributed by atoms with Gasteiger partial charge < -0.3 is 9.26 Å². The fraction of sp³-hybridized carbons (Fsp3) is 0.333. The fourth-order valence-electron chi connectivity index (χ4n) is 1.37. The van der Waals surface area contributed by atoms with Crippen molar-refractivity contribution in [3.8, 4) is 17.7 Å². The largest absolute Gasteiger partial charge is 0.381 e. The molecule has 1 atom stereocenters. The first-order chi connectivity index (χ1) is 8.72. The van der Waals surface area contributed by atoms with Crippen LogP contribution in [0.5, 0.6) is 0 Å². The Morgan fingerprint density at radius 3 is 2.94 bits per heavy atom. The van der Waals surface area contributed by atoms with Crippen LogP contribution >= 0.6 is 0 Å². The minimum Gasteiger partial charge on any atom is -0.381 e. The maximum absolute atomic E-state index is 8.67. The van der Waals surface area contributed by atoms with E-state index in [2.05, 4.69) is 15.1 Å². The van der Waals surface area contributed by atoms with E-state index in [0.29, 0.717) is 29.4 Å². The van der Waals surface area contributed by atoms with Crippen LogP contribution in [0.2, 0.25) is 0 Å². The van der Waals surface area contributed by atoms with Gasteiger partial charge in [0.05, 0.1) is 11.7 Å². The van der Waals surface area contributed by atoms with Gasteiger partial charge in [-0.05, 0) is 19.1 Å². The summed E-state index contributed by atoms with van der Waals surface area (Å²) in [7, 11) is 1.63. The number of pyridine rings is 1. The van der Waals surface area contributed by atoms with E-state index in [1.54, 1.807) is 19.2 Å². The number of nitrogens with zero attached hydrogens (tertiary/aromatic N) is 4. The zero-order valence-electron chi connectivity index (χ0n) is 10.1. The summed E-state index contributed by atoms with van der Waals surface area (Å²) >= 11 is 0. The molecule has 0 aromatic carbocycles. The van der Waals surface area contributed by atoms with E-state index in [0.717, 1.165) is 0 Å². The molecule has 2 aromatic heterocycles. The van der Waals surface area contributed by atoms with Crippen LogP contribution in [0.1, 0.15) is 18.3 Å². The molecule has 18 heavy (non-hydrogen) atoms. The summed E-state index contributed by atoms with van der Waals surface area (Å²) in [5.74, 6) is 0.920. The highest BCUT2D eigenvalue weighted by atomic mass is 16.5. The second kappa shape index (κ2) is 5.38. The molecule has 0 radical (unpaired) electrons. The van der Waals surface area contributed by atoms with Gasteiger partial charge in [-0.15, -0.1) is 0 Å². The van der Waals surface area contributed by atoms with E-state index < -0.39 is 0 Å². The number of ether oxygens (including phenoxy) is 1. The van der Waals surface area contributed by atoms with Gasteiger partial charge in [0.15, 0.2) is 5.82 Å². The van der Waals surface area contributed by atoms with Gasteiger partial charge >= 0.3 is 0 Å². The lowest BCUT2D eigenvalue weighted by Gasteiger charge is -2.03. The Kier molecular flexibility index (Phi) is 3.65. The van der Waals surface area contributed by atoms with Gasteiger partial charge in [0.2, 0.25) is 0 Å². The van der Waals surface area contributed by atoms with Crippen LogP contribution in [0.4, 0.5) is 0 Å². The van der Waals surface area contributed by atoms with Crippen molar-refractivity contribution in [2.24, 2.45) is 0 Å². The lowest BCUT2D eigenvalue weighted by molar-refractivity contribution is 0.116. The molecule has 2 heterocycles. The molecular weight excluding hydrogens is 232 g/mol. The van der Waals surface area contributed by atoms with Crippen molar-refractivity contribution in [3.05, 3.63) is 29.7 Å².